The number of ether oxygens (including phenoxy) is 1. The molecule has 0 saturated carbocycles. The van der Waals surface area contributed by atoms with Crippen LogP contribution in [0.2, 0.25) is 0 Å². The van der Waals surface area contributed by atoms with Gasteiger partial charge < -0.3 is 9.30 Å². The molecule has 0 amide bonds. The third-order valence-corrected chi connectivity index (χ3v) is 5.09. The van der Waals surface area contributed by atoms with Crippen LogP contribution in [0.15, 0.2) is 89.9 Å². The molecule has 0 spiro atoms. The number of pyridine rings is 1. The standard InChI is InChI=1S/C26H23NO3/c1-2-30-26(29)23-18-27(17-20-11-7-4-8-12-20)24-14-13-21(16-22(24)25(23)28)15-19-9-5-3-6-10-19/h3-14,16,18H,2,15,17H2,1H3. The van der Waals surface area contributed by atoms with Gasteiger partial charge in [0.15, 0.2) is 0 Å². The van der Waals surface area contributed by atoms with Crippen molar-refractivity contribution in [2.24, 2.45) is 0 Å². The summed E-state index contributed by atoms with van der Waals surface area (Å²) in [5.74, 6) is -0.584. The number of rotatable bonds is 6. The number of carbonyl (C=O) groups excluding carboxylic acids is 1. The Morgan fingerprint density at radius 1 is 0.867 bits per heavy atom. The summed E-state index contributed by atoms with van der Waals surface area (Å²) in [5.41, 5.74) is 3.86. The van der Waals surface area contributed by atoms with Gasteiger partial charge in [-0.15, -0.1) is 0 Å². The lowest BCUT2D eigenvalue weighted by molar-refractivity contribution is 0.0524. The van der Waals surface area contributed by atoms with Gasteiger partial charge in [-0.25, -0.2) is 4.79 Å². The molecule has 0 aliphatic rings. The van der Waals surface area contributed by atoms with Crippen molar-refractivity contribution >= 4 is 16.9 Å². The highest BCUT2D eigenvalue weighted by Crippen LogP contribution is 2.19. The molecule has 4 heteroatoms. The quantitative estimate of drug-likeness (QED) is 0.439. The minimum atomic E-state index is -0.584. The smallest absolute Gasteiger partial charge is 0.343 e. The number of fused-ring (bicyclic) bond motifs is 1. The summed E-state index contributed by atoms with van der Waals surface area (Å²) in [6.45, 7) is 2.52. The monoisotopic (exact) mass is 397 g/mol. The van der Waals surface area contributed by atoms with E-state index in [0.717, 1.165) is 23.1 Å². The van der Waals surface area contributed by atoms with Crippen molar-refractivity contribution in [3.8, 4) is 0 Å². The highest BCUT2D eigenvalue weighted by Gasteiger charge is 2.17. The van der Waals surface area contributed by atoms with Crippen LogP contribution in [-0.2, 0) is 17.7 Å². The topological polar surface area (TPSA) is 48.3 Å². The number of nitrogens with zero attached hydrogens (tertiary/aromatic N) is 1. The van der Waals surface area contributed by atoms with E-state index in [1.165, 1.54) is 5.56 Å². The molecule has 0 fully saturated rings. The number of esters is 1. The van der Waals surface area contributed by atoms with Gasteiger partial charge in [0.2, 0.25) is 5.43 Å². The first kappa shape index (κ1) is 19.6. The second-order valence-corrected chi connectivity index (χ2v) is 7.22. The number of hydrogen-bond acceptors (Lipinski definition) is 3. The Bertz CT molecular complexity index is 1230. The summed E-state index contributed by atoms with van der Waals surface area (Å²) in [5, 5.41) is 0.532. The number of carbonyl (C=O) groups is 1. The van der Waals surface area contributed by atoms with Crippen LogP contribution in [0.4, 0.5) is 0 Å². The van der Waals surface area contributed by atoms with Gasteiger partial charge in [-0.3, -0.25) is 4.79 Å². The van der Waals surface area contributed by atoms with Crippen LogP contribution < -0.4 is 5.43 Å². The van der Waals surface area contributed by atoms with Crippen molar-refractivity contribution in [1.82, 2.24) is 4.57 Å². The maximum atomic E-state index is 13.1. The minimum absolute atomic E-state index is 0.0668. The van der Waals surface area contributed by atoms with E-state index in [4.69, 9.17) is 4.74 Å². The van der Waals surface area contributed by atoms with Crippen molar-refractivity contribution in [1.29, 1.82) is 0 Å². The maximum Gasteiger partial charge on any atom is 0.343 e. The van der Waals surface area contributed by atoms with Crippen molar-refractivity contribution in [2.45, 2.75) is 19.9 Å². The third-order valence-electron chi connectivity index (χ3n) is 5.09. The molecule has 30 heavy (non-hydrogen) atoms. The van der Waals surface area contributed by atoms with E-state index in [0.29, 0.717) is 11.9 Å². The van der Waals surface area contributed by atoms with E-state index in [1.807, 2.05) is 71.3 Å². The summed E-state index contributed by atoms with van der Waals surface area (Å²) in [7, 11) is 0. The van der Waals surface area contributed by atoms with Gasteiger partial charge in [-0.2, -0.15) is 0 Å². The Morgan fingerprint density at radius 3 is 2.20 bits per heavy atom. The van der Waals surface area contributed by atoms with Crippen LogP contribution in [0.3, 0.4) is 0 Å². The van der Waals surface area contributed by atoms with Crippen LogP contribution in [0.5, 0.6) is 0 Å². The first-order chi connectivity index (χ1) is 14.7. The average molecular weight is 397 g/mol. The summed E-state index contributed by atoms with van der Waals surface area (Å²) < 4.78 is 7.09. The molecule has 4 nitrogen and oxygen atoms in total. The van der Waals surface area contributed by atoms with E-state index in [1.54, 1.807) is 13.1 Å². The maximum absolute atomic E-state index is 13.1. The predicted molar refractivity (Wildman–Crippen MR) is 119 cm³/mol. The summed E-state index contributed by atoms with van der Waals surface area (Å²) in [6, 6.07) is 26.0. The summed E-state index contributed by atoms with van der Waals surface area (Å²) in [4.78, 5) is 25.6. The Morgan fingerprint density at radius 2 is 1.53 bits per heavy atom. The Kier molecular flexibility index (Phi) is 5.75. The van der Waals surface area contributed by atoms with Gasteiger partial charge in [0, 0.05) is 18.1 Å². The SMILES string of the molecule is CCOC(=O)c1cn(Cc2ccccc2)c2ccc(Cc3ccccc3)cc2c1=O. The molecule has 1 heterocycles. The fourth-order valence-corrected chi connectivity index (χ4v) is 3.65. The van der Waals surface area contributed by atoms with E-state index in [2.05, 4.69) is 12.1 Å². The highest BCUT2D eigenvalue weighted by molar-refractivity contribution is 5.94. The molecular formula is C26H23NO3. The molecular weight excluding hydrogens is 374 g/mol. The van der Waals surface area contributed by atoms with Gasteiger partial charge >= 0.3 is 5.97 Å². The van der Waals surface area contributed by atoms with Crippen LogP contribution in [-0.4, -0.2) is 17.1 Å². The lowest BCUT2D eigenvalue weighted by Gasteiger charge is -2.14. The van der Waals surface area contributed by atoms with Crippen LogP contribution in [0, 0.1) is 0 Å². The van der Waals surface area contributed by atoms with Gasteiger partial charge in [0.25, 0.3) is 0 Å². The molecule has 150 valence electrons. The molecule has 0 N–H and O–H groups in total. The molecule has 0 saturated heterocycles. The van der Waals surface area contributed by atoms with E-state index in [9.17, 15) is 9.59 Å². The number of hydrogen-bond donors (Lipinski definition) is 0. The second-order valence-electron chi connectivity index (χ2n) is 7.22. The van der Waals surface area contributed by atoms with Crippen molar-refractivity contribution in [3.05, 3.63) is 118 Å². The molecule has 3 aromatic carbocycles. The normalized spacial score (nSPS) is 10.8. The van der Waals surface area contributed by atoms with Crippen LogP contribution >= 0.6 is 0 Å². The predicted octanol–water partition coefficient (Wildman–Crippen LogP) is 4.82. The molecule has 0 aliphatic carbocycles. The molecule has 4 rings (SSSR count). The van der Waals surface area contributed by atoms with Gasteiger partial charge in [-0.1, -0.05) is 66.7 Å². The van der Waals surface area contributed by atoms with Crippen molar-refractivity contribution in [2.75, 3.05) is 6.61 Å². The van der Waals surface area contributed by atoms with Gasteiger partial charge in [-0.05, 0) is 42.2 Å². The molecule has 0 bridgehead atoms. The molecule has 0 unspecified atom stereocenters. The van der Waals surface area contributed by atoms with Crippen LogP contribution in [0.1, 0.15) is 34.0 Å². The summed E-state index contributed by atoms with van der Waals surface area (Å²) in [6.07, 6.45) is 2.34. The Hall–Kier alpha value is -3.66. The van der Waals surface area contributed by atoms with E-state index >= 15 is 0 Å². The zero-order valence-corrected chi connectivity index (χ0v) is 16.9. The third kappa shape index (κ3) is 4.18. The first-order valence-electron chi connectivity index (χ1n) is 10.1. The Balaban J connectivity index is 1.84. The molecule has 0 aliphatic heterocycles. The number of aromatic nitrogens is 1. The lowest BCUT2D eigenvalue weighted by Crippen LogP contribution is -2.21. The second kappa shape index (κ2) is 8.78. The first-order valence-corrected chi connectivity index (χ1v) is 10.1. The van der Waals surface area contributed by atoms with Crippen LogP contribution in [0.25, 0.3) is 10.9 Å². The fraction of sp³-hybridized carbons (Fsp3) is 0.154. The lowest BCUT2D eigenvalue weighted by atomic mass is 10.0. The van der Waals surface area contributed by atoms with Gasteiger partial charge in [0.05, 0.1) is 12.1 Å². The minimum Gasteiger partial charge on any atom is -0.462 e. The van der Waals surface area contributed by atoms with E-state index < -0.39 is 5.97 Å². The van der Waals surface area contributed by atoms with E-state index in [-0.39, 0.29) is 17.6 Å². The van der Waals surface area contributed by atoms with Crippen molar-refractivity contribution < 1.29 is 9.53 Å². The molecule has 1 aromatic heterocycles. The zero-order valence-electron chi connectivity index (χ0n) is 16.9. The molecule has 4 aromatic rings. The molecule has 0 radical (unpaired) electrons. The van der Waals surface area contributed by atoms with Crippen molar-refractivity contribution in [3.63, 3.8) is 0 Å². The fourth-order valence-electron chi connectivity index (χ4n) is 3.65. The summed E-state index contributed by atoms with van der Waals surface area (Å²) >= 11 is 0. The average Bonchev–Trinajstić information content (AvgIpc) is 2.77. The molecule has 0 atom stereocenters. The zero-order chi connectivity index (χ0) is 20.9. The number of benzene rings is 3. The highest BCUT2D eigenvalue weighted by atomic mass is 16.5. The van der Waals surface area contributed by atoms with Gasteiger partial charge in [0.1, 0.15) is 5.56 Å². The Labute approximate surface area is 175 Å². The largest absolute Gasteiger partial charge is 0.462 e.